The van der Waals surface area contributed by atoms with Crippen LogP contribution in [0.1, 0.15) is 33.4 Å². The molecular weight excluding hydrogens is 592 g/mol. The van der Waals surface area contributed by atoms with Gasteiger partial charge in [-0.2, -0.15) is 69.5 Å². The molecule has 0 radical (unpaired) electrons. The van der Waals surface area contributed by atoms with Crippen molar-refractivity contribution in [2.75, 3.05) is 0 Å². The Labute approximate surface area is 198 Å². The van der Waals surface area contributed by atoms with Gasteiger partial charge in [0.05, 0.1) is 22.3 Å². The van der Waals surface area contributed by atoms with Crippen molar-refractivity contribution in [3.8, 4) is 0 Å². The van der Waals surface area contributed by atoms with E-state index in [0.717, 1.165) is 0 Å². The summed E-state index contributed by atoms with van der Waals surface area (Å²) in [4.78, 5) is -4.97. The number of alkyl halides is 12. The number of rotatable bonds is 4. The van der Waals surface area contributed by atoms with E-state index in [-0.39, 0.29) is 0 Å². The first-order chi connectivity index (χ1) is 16.1. The van der Waals surface area contributed by atoms with Gasteiger partial charge in [-0.25, -0.2) is 0 Å². The van der Waals surface area contributed by atoms with E-state index in [1.54, 1.807) is 0 Å². The largest absolute Gasteiger partial charge is 0.418 e. The van der Waals surface area contributed by atoms with Crippen molar-refractivity contribution in [2.45, 2.75) is 40.9 Å². The van der Waals surface area contributed by atoms with Gasteiger partial charge in [0.1, 0.15) is 9.79 Å². The zero-order valence-electron chi connectivity index (χ0n) is 16.9. The molecule has 0 atom stereocenters. The van der Waals surface area contributed by atoms with Crippen LogP contribution in [0, 0.1) is 0 Å². The molecule has 208 valence electrons. The monoisotopic (exact) mass is 600 g/mol. The Bertz CT molecular complexity index is 1320. The molecule has 0 amide bonds. The van der Waals surface area contributed by atoms with Crippen molar-refractivity contribution < 1.29 is 78.6 Å². The molecular formula is C17H8F12O6S2. The summed E-state index contributed by atoms with van der Waals surface area (Å²) in [5.41, 5.74) is -13.9. The predicted molar refractivity (Wildman–Crippen MR) is 95.3 cm³/mol. The standard InChI is InChI=1S/C17H8F12O6S2/c18-14(19,20)8-2-6(12(16(24,25)26)10(4-8)36(30,31)32)1-7-3-9(15(21,22)23)5-11(37(33,34)35)13(7)17(27,28)29/h2-5H,1H2,(H,30,31,32)(H,33,34,35). The second-order valence-electron chi connectivity index (χ2n) is 7.13. The number of benzene rings is 2. The molecule has 0 spiro atoms. The van der Waals surface area contributed by atoms with Crippen molar-refractivity contribution in [3.63, 3.8) is 0 Å². The van der Waals surface area contributed by atoms with Crippen LogP contribution in [0.25, 0.3) is 0 Å². The molecule has 0 saturated carbocycles. The quantitative estimate of drug-likeness (QED) is 0.337. The molecule has 0 fully saturated rings. The van der Waals surface area contributed by atoms with Crippen molar-refractivity contribution in [2.24, 2.45) is 0 Å². The third-order valence-electron chi connectivity index (χ3n) is 4.53. The van der Waals surface area contributed by atoms with Gasteiger partial charge in [0.25, 0.3) is 20.2 Å². The lowest BCUT2D eigenvalue weighted by Crippen LogP contribution is -2.21. The summed E-state index contributed by atoms with van der Waals surface area (Å²) in [5.74, 6) is 0. The van der Waals surface area contributed by atoms with Gasteiger partial charge in [-0.3, -0.25) is 9.11 Å². The molecule has 0 saturated heterocycles. The molecule has 20 heteroatoms. The fourth-order valence-electron chi connectivity index (χ4n) is 3.21. The second kappa shape index (κ2) is 9.02. The van der Waals surface area contributed by atoms with Gasteiger partial charge in [0.2, 0.25) is 0 Å². The maximum atomic E-state index is 13.6. The minimum Gasteiger partial charge on any atom is -0.282 e. The highest BCUT2D eigenvalue weighted by Gasteiger charge is 2.45. The second-order valence-corrected chi connectivity index (χ2v) is 9.91. The SMILES string of the molecule is O=S(=O)(O)c1cc(C(F)(F)F)cc(Cc2cc(C(F)(F)F)cc(S(=O)(=O)O)c2C(F)(F)F)c1C(F)(F)F. The van der Waals surface area contributed by atoms with Crippen LogP contribution >= 0.6 is 0 Å². The topological polar surface area (TPSA) is 109 Å². The highest BCUT2D eigenvalue weighted by Crippen LogP contribution is 2.45. The molecule has 2 aromatic carbocycles. The first-order valence-electron chi connectivity index (χ1n) is 8.72. The number of halogens is 12. The van der Waals surface area contributed by atoms with Crippen LogP contribution in [0.2, 0.25) is 0 Å². The maximum Gasteiger partial charge on any atom is 0.418 e. The average Bonchev–Trinajstić information content (AvgIpc) is 2.62. The predicted octanol–water partition coefficient (Wildman–Crippen LogP) is 5.85. The molecule has 0 aliphatic heterocycles. The smallest absolute Gasteiger partial charge is 0.282 e. The van der Waals surface area contributed by atoms with Crippen molar-refractivity contribution in [3.05, 3.63) is 57.6 Å². The van der Waals surface area contributed by atoms with Crippen LogP contribution in [0.15, 0.2) is 34.1 Å². The van der Waals surface area contributed by atoms with E-state index in [1.165, 1.54) is 0 Å². The summed E-state index contributed by atoms with van der Waals surface area (Å²) in [5, 5.41) is 0. The minimum atomic E-state index is -6.17. The lowest BCUT2D eigenvalue weighted by molar-refractivity contribution is -0.144. The molecule has 0 aliphatic carbocycles. The van der Waals surface area contributed by atoms with E-state index >= 15 is 0 Å². The zero-order chi connectivity index (χ0) is 29.2. The highest BCUT2D eigenvalue weighted by molar-refractivity contribution is 7.86. The highest BCUT2D eigenvalue weighted by atomic mass is 32.2. The molecule has 2 rings (SSSR count). The molecule has 0 bridgehead atoms. The van der Waals surface area contributed by atoms with Crippen LogP contribution in [0.5, 0.6) is 0 Å². The molecule has 0 aromatic heterocycles. The van der Waals surface area contributed by atoms with Crippen LogP contribution in [0.3, 0.4) is 0 Å². The molecule has 2 aromatic rings. The van der Waals surface area contributed by atoms with Gasteiger partial charge in [0, 0.05) is 0 Å². The Morgan fingerprint density at radius 3 is 0.973 bits per heavy atom. The summed E-state index contributed by atoms with van der Waals surface area (Å²) in [7, 11) is -12.3. The average molecular weight is 600 g/mol. The summed E-state index contributed by atoms with van der Waals surface area (Å²) >= 11 is 0. The van der Waals surface area contributed by atoms with Crippen LogP contribution < -0.4 is 0 Å². The van der Waals surface area contributed by atoms with Gasteiger partial charge in [-0.05, 0) is 41.8 Å². The van der Waals surface area contributed by atoms with Gasteiger partial charge in [-0.1, -0.05) is 0 Å². The first kappa shape index (κ1) is 30.6. The third-order valence-corrected chi connectivity index (χ3v) is 6.28. The van der Waals surface area contributed by atoms with Crippen LogP contribution in [-0.2, 0) is 51.4 Å². The molecule has 0 heterocycles. The van der Waals surface area contributed by atoms with Crippen LogP contribution in [0.4, 0.5) is 52.7 Å². The summed E-state index contributed by atoms with van der Waals surface area (Å²) < 4.78 is 225. The molecule has 0 aliphatic rings. The Kier molecular flexibility index (Phi) is 7.47. The molecule has 37 heavy (non-hydrogen) atoms. The first-order valence-corrected chi connectivity index (χ1v) is 11.6. The molecule has 6 nitrogen and oxygen atoms in total. The number of hydrogen-bond acceptors (Lipinski definition) is 4. The minimum absolute atomic E-state index is 0.537. The van der Waals surface area contributed by atoms with E-state index < -0.39 is 119 Å². The Morgan fingerprint density at radius 2 is 0.784 bits per heavy atom. The summed E-state index contributed by atoms with van der Waals surface area (Å²) in [6.45, 7) is 0. The maximum absolute atomic E-state index is 13.6. The van der Waals surface area contributed by atoms with Gasteiger partial charge >= 0.3 is 24.7 Å². The van der Waals surface area contributed by atoms with Crippen molar-refractivity contribution in [1.82, 2.24) is 0 Å². The molecule has 0 unspecified atom stereocenters. The van der Waals surface area contributed by atoms with Crippen molar-refractivity contribution in [1.29, 1.82) is 0 Å². The molecule has 2 N–H and O–H groups in total. The summed E-state index contributed by atoms with van der Waals surface area (Å²) in [6, 6.07) is -2.49. The fraction of sp³-hybridized carbons (Fsp3) is 0.294. The van der Waals surface area contributed by atoms with Crippen molar-refractivity contribution >= 4 is 20.2 Å². The van der Waals surface area contributed by atoms with E-state index in [9.17, 15) is 69.5 Å². The Morgan fingerprint density at radius 1 is 0.514 bits per heavy atom. The van der Waals surface area contributed by atoms with Gasteiger partial charge in [-0.15, -0.1) is 0 Å². The van der Waals surface area contributed by atoms with Gasteiger partial charge in [0.15, 0.2) is 0 Å². The lowest BCUT2D eigenvalue weighted by Gasteiger charge is -2.22. The Hall–Kier alpha value is -2.58. The summed E-state index contributed by atoms with van der Waals surface area (Å²) in [6.07, 6.45) is -25.6. The number of hydrogen-bond donors (Lipinski definition) is 2. The fourth-order valence-corrected chi connectivity index (χ4v) is 4.77. The van der Waals surface area contributed by atoms with E-state index in [4.69, 9.17) is 9.11 Å². The van der Waals surface area contributed by atoms with Crippen LogP contribution in [-0.4, -0.2) is 25.9 Å². The Balaban J connectivity index is 3.16. The zero-order valence-corrected chi connectivity index (χ0v) is 18.5. The third kappa shape index (κ3) is 6.85. The van der Waals surface area contributed by atoms with E-state index in [2.05, 4.69) is 0 Å². The van der Waals surface area contributed by atoms with E-state index in [1.807, 2.05) is 0 Å². The van der Waals surface area contributed by atoms with Gasteiger partial charge < -0.3 is 0 Å². The lowest BCUT2D eigenvalue weighted by atomic mass is 9.92. The van der Waals surface area contributed by atoms with E-state index in [0.29, 0.717) is 0 Å². The normalized spacial score (nSPS) is 14.2.